The van der Waals surface area contributed by atoms with E-state index in [1.54, 1.807) is 0 Å². The summed E-state index contributed by atoms with van der Waals surface area (Å²) in [5.74, 6) is -9.08. The van der Waals surface area contributed by atoms with Gasteiger partial charge in [0.2, 0.25) is 5.82 Å². The van der Waals surface area contributed by atoms with Gasteiger partial charge < -0.3 is 9.47 Å². The molecule has 0 bridgehead atoms. The number of carbonyl (C=O) groups is 1. The number of hydrogen-bond donors (Lipinski definition) is 1. The number of anilines is 1. The summed E-state index contributed by atoms with van der Waals surface area (Å²) < 4.78 is 135. The first-order valence-corrected chi connectivity index (χ1v) is 9.24. The Hall–Kier alpha value is -3.18. The molecule has 1 heterocycles. The van der Waals surface area contributed by atoms with Gasteiger partial charge in [-0.05, 0) is 18.2 Å². The van der Waals surface area contributed by atoms with Crippen LogP contribution in [-0.2, 0) is 27.7 Å². The maximum absolute atomic E-state index is 13.5. The van der Waals surface area contributed by atoms with Gasteiger partial charge in [0, 0.05) is 7.05 Å². The first-order valence-electron chi connectivity index (χ1n) is 7.76. The smallest absolute Gasteiger partial charge is 0.465 e. The molecule has 2 rings (SSSR count). The molecule has 0 saturated heterocycles. The molecule has 1 aromatic heterocycles. The molecule has 32 heavy (non-hydrogen) atoms. The highest BCUT2D eigenvalue weighted by molar-refractivity contribution is 7.93. The van der Waals surface area contributed by atoms with E-state index in [4.69, 9.17) is 4.74 Å². The third-order valence-corrected chi connectivity index (χ3v) is 4.72. The van der Waals surface area contributed by atoms with Gasteiger partial charge in [0.15, 0.2) is 0 Å². The van der Waals surface area contributed by atoms with Crippen LogP contribution in [0.5, 0.6) is 11.8 Å². The van der Waals surface area contributed by atoms with Crippen molar-refractivity contribution in [1.29, 1.82) is 0 Å². The lowest BCUT2D eigenvalue weighted by molar-refractivity contribution is -0.293. The van der Waals surface area contributed by atoms with Gasteiger partial charge in [-0.2, -0.15) is 43.5 Å². The molecule has 18 heteroatoms. The van der Waals surface area contributed by atoms with Crippen molar-refractivity contribution in [3.63, 3.8) is 0 Å². The second-order valence-corrected chi connectivity index (χ2v) is 7.46. The zero-order valence-electron chi connectivity index (χ0n) is 15.5. The molecule has 0 unspecified atom stereocenters. The number of carbonyl (C=O) groups excluding carboxylic acids is 1. The van der Waals surface area contributed by atoms with Crippen LogP contribution in [0.3, 0.4) is 0 Å². The number of benzene rings is 1. The van der Waals surface area contributed by atoms with Gasteiger partial charge in [0.25, 0.3) is 0 Å². The van der Waals surface area contributed by atoms with E-state index in [1.165, 1.54) is 0 Å². The second kappa shape index (κ2) is 8.06. The molecular weight excluding hydrogens is 488 g/mol. The predicted octanol–water partition coefficient (Wildman–Crippen LogP) is 3.31. The maximum Gasteiger partial charge on any atom is 0.516 e. The van der Waals surface area contributed by atoms with Gasteiger partial charge in [-0.15, -0.1) is 5.10 Å². The zero-order chi connectivity index (χ0) is 24.7. The van der Waals surface area contributed by atoms with Gasteiger partial charge in [-0.25, -0.2) is 4.79 Å². The van der Waals surface area contributed by atoms with Gasteiger partial charge in [0.05, 0.1) is 18.4 Å². The monoisotopic (exact) mass is 498 g/mol. The van der Waals surface area contributed by atoms with Crippen molar-refractivity contribution in [3.05, 3.63) is 29.6 Å². The number of alkyl halides is 8. The SMILES string of the molecule is COC(=O)c1cc(Oc2nnc(C(F)(F)C(F)(F)F)n2C)ccc1NS(=O)(=O)C(F)(F)F. The minimum atomic E-state index is -6.00. The number of halogens is 8. The number of ether oxygens (including phenoxy) is 2. The molecular formula is C14H10F8N4O5S. The topological polar surface area (TPSA) is 112 Å². The molecule has 9 nitrogen and oxygen atoms in total. The molecule has 0 saturated carbocycles. The minimum Gasteiger partial charge on any atom is -0.465 e. The lowest BCUT2D eigenvalue weighted by Crippen LogP contribution is -2.36. The van der Waals surface area contributed by atoms with Crippen LogP contribution in [0.25, 0.3) is 0 Å². The van der Waals surface area contributed by atoms with Crippen molar-refractivity contribution in [2.24, 2.45) is 7.05 Å². The summed E-state index contributed by atoms with van der Waals surface area (Å²) in [7, 11) is -4.42. The fraction of sp³-hybridized carbons (Fsp3) is 0.357. The van der Waals surface area contributed by atoms with Crippen LogP contribution in [0.1, 0.15) is 16.2 Å². The minimum absolute atomic E-state index is 0.144. The molecule has 178 valence electrons. The van der Waals surface area contributed by atoms with E-state index in [1.807, 2.05) is 0 Å². The van der Waals surface area contributed by atoms with Crippen LogP contribution in [0, 0.1) is 0 Å². The highest BCUT2D eigenvalue weighted by Gasteiger charge is 2.62. The summed E-state index contributed by atoms with van der Waals surface area (Å²) >= 11 is 0. The summed E-state index contributed by atoms with van der Waals surface area (Å²) in [4.78, 5) is 11.8. The standard InChI is InChI=1S/C14H10F8N4O5S/c1-26-10(12(15,16)13(17,18)19)23-24-11(26)31-6-3-4-8(7(5-6)9(27)30-2)25-32(28,29)14(20,21)22/h3-5,25H,1-2H3. The summed E-state index contributed by atoms with van der Waals surface area (Å²) in [6, 6.07) is 1.13. The van der Waals surface area contributed by atoms with Crippen LogP contribution in [0.4, 0.5) is 40.8 Å². The van der Waals surface area contributed by atoms with Crippen molar-refractivity contribution in [1.82, 2.24) is 14.8 Å². The fourth-order valence-corrected chi connectivity index (χ4v) is 2.65. The second-order valence-electron chi connectivity index (χ2n) is 5.79. The van der Waals surface area contributed by atoms with Gasteiger partial charge in [0.1, 0.15) is 5.75 Å². The van der Waals surface area contributed by atoms with E-state index >= 15 is 0 Å². The normalized spacial score (nSPS) is 13.1. The molecule has 0 aliphatic heterocycles. The molecule has 1 N–H and O–H groups in total. The Bertz CT molecular complexity index is 1130. The average molecular weight is 498 g/mol. The van der Waals surface area contributed by atoms with Crippen LogP contribution >= 0.6 is 0 Å². The summed E-state index contributed by atoms with van der Waals surface area (Å²) in [6.07, 6.45) is -6.00. The molecule has 0 radical (unpaired) electrons. The van der Waals surface area contributed by atoms with Crippen molar-refractivity contribution >= 4 is 21.7 Å². The largest absolute Gasteiger partial charge is 0.516 e. The van der Waals surface area contributed by atoms with Crippen molar-refractivity contribution in [2.75, 3.05) is 11.8 Å². The molecule has 0 atom stereocenters. The van der Waals surface area contributed by atoms with E-state index in [-0.39, 0.29) is 4.57 Å². The van der Waals surface area contributed by atoms with E-state index in [0.717, 1.165) is 17.9 Å². The summed E-state index contributed by atoms with van der Waals surface area (Å²) in [5.41, 5.74) is -7.42. The van der Waals surface area contributed by atoms with Crippen molar-refractivity contribution < 1.29 is 57.8 Å². The highest BCUT2D eigenvalue weighted by Crippen LogP contribution is 2.43. The molecule has 0 amide bonds. The van der Waals surface area contributed by atoms with Crippen LogP contribution in [0.15, 0.2) is 18.2 Å². The van der Waals surface area contributed by atoms with Gasteiger partial charge in [-0.3, -0.25) is 9.29 Å². The number of sulfonamides is 1. The Kier molecular flexibility index (Phi) is 6.32. The molecule has 0 spiro atoms. The van der Waals surface area contributed by atoms with E-state index in [2.05, 4.69) is 14.9 Å². The number of rotatable bonds is 6. The van der Waals surface area contributed by atoms with Crippen molar-refractivity contribution in [3.8, 4) is 11.8 Å². The van der Waals surface area contributed by atoms with E-state index in [0.29, 0.717) is 19.2 Å². The molecule has 0 fully saturated rings. The average Bonchev–Trinajstić information content (AvgIpc) is 3.01. The lowest BCUT2D eigenvalue weighted by Gasteiger charge is -2.18. The lowest BCUT2D eigenvalue weighted by atomic mass is 10.2. The van der Waals surface area contributed by atoms with E-state index in [9.17, 15) is 48.3 Å². The number of aromatic nitrogens is 3. The molecule has 1 aromatic carbocycles. The summed E-state index contributed by atoms with van der Waals surface area (Å²) in [6.45, 7) is 0. The number of nitrogens with one attached hydrogen (secondary N) is 1. The number of esters is 1. The van der Waals surface area contributed by atoms with Crippen molar-refractivity contribution in [2.45, 2.75) is 17.6 Å². The number of methoxy groups -OCH3 is 1. The van der Waals surface area contributed by atoms with E-state index < -0.39 is 62.4 Å². The Morgan fingerprint density at radius 2 is 1.66 bits per heavy atom. The Labute approximate surface area is 173 Å². The highest BCUT2D eigenvalue weighted by atomic mass is 32.2. The molecule has 0 aliphatic rings. The van der Waals surface area contributed by atoms with Crippen LogP contribution < -0.4 is 9.46 Å². The maximum atomic E-state index is 13.5. The summed E-state index contributed by atoms with van der Waals surface area (Å²) in [5, 5.41) is 5.76. The van der Waals surface area contributed by atoms with Crippen LogP contribution in [-0.4, -0.2) is 47.9 Å². The first kappa shape index (κ1) is 25.1. The Morgan fingerprint density at radius 3 is 2.16 bits per heavy atom. The Morgan fingerprint density at radius 1 is 1.06 bits per heavy atom. The number of hydrogen-bond acceptors (Lipinski definition) is 7. The quantitative estimate of drug-likeness (QED) is 0.481. The molecule has 2 aromatic rings. The van der Waals surface area contributed by atoms with Crippen LogP contribution in [0.2, 0.25) is 0 Å². The Balaban J connectivity index is 2.44. The predicted molar refractivity (Wildman–Crippen MR) is 87.4 cm³/mol. The van der Waals surface area contributed by atoms with Gasteiger partial charge in [-0.1, -0.05) is 5.10 Å². The zero-order valence-corrected chi connectivity index (χ0v) is 16.4. The third kappa shape index (κ3) is 4.68. The fourth-order valence-electron chi connectivity index (χ4n) is 2.07. The third-order valence-electron chi connectivity index (χ3n) is 3.63. The molecule has 0 aliphatic carbocycles. The number of nitrogens with zero attached hydrogens (tertiary/aromatic N) is 3. The first-order chi connectivity index (χ1) is 14.4. The van der Waals surface area contributed by atoms with Gasteiger partial charge >= 0.3 is 39.6 Å².